The number of carbonyl (C=O) groups excluding carboxylic acids is 2. The maximum atomic E-state index is 13.0. The van der Waals surface area contributed by atoms with Crippen LogP contribution in [-0.2, 0) is 15.7 Å². The van der Waals surface area contributed by atoms with Crippen molar-refractivity contribution in [1.82, 2.24) is 4.90 Å². The molecule has 2 N–H and O–H groups in total. The highest BCUT2D eigenvalue weighted by Gasteiger charge is 2.41. The second-order valence-electron chi connectivity index (χ2n) is 5.21. The van der Waals surface area contributed by atoms with E-state index in [1.54, 1.807) is 0 Å². The third-order valence-corrected chi connectivity index (χ3v) is 3.55. The predicted octanol–water partition coefficient (Wildman–Crippen LogP) is 1.42. The molecule has 1 aliphatic heterocycles. The first kappa shape index (κ1) is 16.3. The Morgan fingerprint density at radius 3 is 2.55 bits per heavy atom. The zero-order valence-corrected chi connectivity index (χ0v) is 11.8. The Balaban J connectivity index is 2.31. The van der Waals surface area contributed by atoms with Gasteiger partial charge in [-0.05, 0) is 19.1 Å². The van der Waals surface area contributed by atoms with Gasteiger partial charge in [0.2, 0.25) is 0 Å². The van der Waals surface area contributed by atoms with Crippen LogP contribution in [0.15, 0.2) is 24.3 Å². The van der Waals surface area contributed by atoms with Crippen molar-refractivity contribution in [3.05, 3.63) is 35.4 Å². The van der Waals surface area contributed by atoms with Crippen molar-refractivity contribution in [1.29, 1.82) is 0 Å². The Labute approximate surface area is 124 Å². The average Bonchev–Trinajstić information content (AvgIpc) is 2.45. The van der Waals surface area contributed by atoms with Crippen molar-refractivity contribution in [2.75, 3.05) is 19.7 Å². The minimum Gasteiger partial charge on any atom is -0.367 e. The van der Waals surface area contributed by atoms with Crippen LogP contribution in [0, 0.1) is 0 Å². The molecule has 1 atom stereocenters. The zero-order valence-electron chi connectivity index (χ0n) is 11.8. The molecule has 8 heteroatoms. The number of hydrogen-bond donors (Lipinski definition) is 1. The van der Waals surface area contributed by atoms with Gasteiger partial charge < -0.3 is 15.4 Å². The molecule has 1 heterocycles. The van der Waals surface area contributed by atoms with Crippen molar-refractivity contribution in [2.45, 2.75) is 18.7 Å². The average molecular weight is 316 g/mol. The molecule has 5 nitrogen and oxygen atoms in total. The van der Waals surface area contributed by atoms with Crippen LogP contribution in [0.4, 0.5) is 13.2 Å². The van der Waals surface area contributed by atoms with Crippen LogP contribution in [0.2, 0.25) is 0 Å². The Morgan fingerprint density at radius 1 is 1.32 bits per heavy atom. The summed E-state index contributed by atoms with van der Waals surface area (Å²) in [6.07, 6.45) is -4.63. The molecule has 0 aliphatic carbocycles. The molecular weight excluding hydrogens is 301 g/mol. The van der Waals surface area contributed by atoms with Crippen LogP contribution in [-0.4, -0.2) is 42.0 Å². The number of nitrogens with two attached hydrogens (primary N) is 1. The Morgan fingerprint density at radius 2 is 1.95 bits per heavy atom. The van der Waals surface area contributed by atoms with E-state index < -0.39 is 34.7 Å². The van der Waals surface area contributed by atoms with Gasteiger partial charge in [-0.2, -0.15) is 13.2 Å². The lowest BCUT2D eigenvalue weighted by Gasteiger charge is -2.38. The number of alkyl halides is 3. The highest BCUT2D eigenvalue weighted by molar-refractivity contribution is 5.96. The number of halogens is 3. The fourth-order valence-corrected chi connectivity index (χ4v) is 2.28. The first-order valence-corrected chi connectivity index (χ1v) is 6.54. The topological polar surface area (TPSA) is 72.6 Å². The second-order valence-corrected chi connectivity index (χ2v) is 5.21. The van der Waals surface area contributed by atoms with E-state index in [0.29, 0.717) is 0 Å². The third-order valence-electron chi connectivity index (χ3n) is 3.55. The van der Waals surface area contributed by atoms with E-state index in [0.717, 1.165) is 17.0 Å². The van der Waals surface area contributed by atoms with E-state index in [1.807, 2.05) is 0 Å². The maximum absolute atomic E-state index is 13.0. The number of rotatable bonds is 2. The largest absolute Gasteiger partial charge is 0.417 e. The van der Waals surface area contributed by atoms with Crippen molar-refractivity contribution < 1.29 is 27.5 Å². The second kappa shape index (κ2) is 5.60. The summed E-state index contributed by atoms with van der Waals surface area (Å²) in [5.41, 5.74) is 2.36. The number of hydrogen-bond acceptors (Lipinski definition) is 3. The molecule has 0 spiro atoms. The summed E-state index contributed by atoms with van der Waals surface area (Å²) in [5.74, 6) is -1.57. The summed E-state index contributed by atoms with van der Waals surface area (Å²) in [4.78, 5) is 24.9. The van der Waals surface area contributed by atoms with Crippen LogP contribution < -0.4 is 5.73 Å². The normalized spacial score (nSPS) is 22.5. The zero-order chi connectivity index (χ0) is 16.5. The van der Waals surface area contributed by atoms with Gasteiger partial charge in [-0.25, -0.2) is 0 Å². The summed E-state index contributed by atoms with van der Waals surface area (Å²) in [6, 6.07) is 4.53. The Kier molecular flexibility index (Phi) is 4.15. The van der Waals surface area contributed by atoms with Gasteiger partial charge in [-0.3, -0.25) is 9.59 Å². The molecule has 0 radical (unpaired) electrons. The van der Waals surface area contributed by atoms with Crippen LogP contribution in [0.3, 0.4) is 0 Å². The van der Waals surface area contributed by atoms with Gasteiger partial charge in [-0.1, -0.05) is 12.1 Å². The minimum atomic E-state index is -4.63. The number of benzene rings is 1. The van der Waals surface area contributed by atoms with Gasteiger partial charge in [0.05, 0.1) is 24.3 Å². The van der Waals surface area contributed by atoms with Gasteiger partial charge >= 0.3 is 6.18 Å². The van der Waals surface area contributed by atoms with Gasteiger partial charge in [0.25, 0.3) is 11.8 Å². The summed E-state index contributed by atoms with van der Waals surface area (Å²) in [5, 5.41) is 0. The van der Waals surface area contributed by atoms with Crippen molar-refractivity contribution >= 4 is 11.8 Å². The Bertz CT molecular complexity index is 603. The summed E-state index contributed by atoms with van der Waals surface area (Å²) in [6.45, 7) is 1.34. The molecule has 1 saturated heterocycles. The molecule has 120 valence electrons. The SMILES string of the molecule is C[C@]1(C(N)=O)CN(C(=O)c2ccccc2C(F)(F)F)CCO1. The van der Waals surface area contributed by atoms with Crippen LogP contribution in [0.1, 0.15) is 22.8 Å². The van der Waals surface area contributed by atoms with Crippen LogP contribution in [0.5, 0.6) is 0 Å². The molecule has 1 fully saturated rings. The molecule has 1 aliphatic rings. The third kappa shape index (κ3) is 3.06. The number of ether oxygens (including phenoxy) is 1. The van der Waals surface area contributed by atoms with Crippen LogP contribution in [0.25, 0.3) is 0 Å². The van der Waals surface area contributed by atoms with Crippen molar-refractivity contribution in [2.24, 2.45) is 5.73 Å². The maximum Gasteiger partial charge on any atom is 0.417 e. The van der Waals surface area contributed by atoms with Gasteiger partial charge in [0.15, 0.2) is 5.60 Å². The number of primary amides is 1. The predicted molar refractivity (Wildman–Crippen MR) is 70.9 cm³/mol. The summed E-state index contributed by atoms with van der Waals surface area (Å²) in [7, 11) is 0. The molecule has 2 rings (SSSR count). The first-order valence-electron chi connectivity index (χ1n) is 6.54. The molecule has 1 aromatic rings. The molecule has 0 aromatic heterocycles. The highest BCUT2D eigenvalue weighted by Crippen LogP contribution is 2.32. The number of nitrogens with zero attached hydrogens (tertiary/aromatic N) is 1. The number of carbonyl (C=O) groups is 2. The monoisotopic (exact) mass is 316 g/mol. The molecule has 0 bridgehead atoms. The van der Waals surface area contributed by atoms with Crippen molar-refractivity contribution in [3.8, 4) is 0 Å². The molecular formula is C14H15F3N2O3. The quantitative estimate of drug-likeness (QED) is 0.897. The molecule has 2 amide bonds. The van der Waals surface area contributed by atoms with E-state index in [9.17, 15) is 22.8 Å². The fourth-order valence-electron chi connectivity index (χ4n) is 2.28. The van der Waals surface area contributed by atoms with Gasteiger partial charge in [0, 0.05) is 6.54 Å². The first-order chi connectivity index (χ1) is 10.1. The smallest absolute Gasteiger partial charge is 0.367 e. The van der Waals surface area contributed by atoms with Crippen molar-refractivity contribution in [3.63, 3.8) is 0 Å². The molecule has 1 aromatic carbocycles. The van der Waals surface area contributed by atoms with E-state index in [-0.39, 0.29) is 19.7 Å². The molecule has 0 unspecified atom stereocenters. The summed E-state index contributed by atoms with van der Waals surface area (Å²) < 4.78 is 44.2. The lowest BCUT2D eigenvalue weighted by Crippen LogP contribution is -2.58. The lowest BCUT2D eigenvalue weighted by molar-refractivity contribution is -0.150. The molecule has 22 heavy (non-hydrogen) atoms. The Hall–Kier alpha value is -2.09. The standard InChI is InChI=1S/C14H15F3N2O3/c1-13(12(18)21)8-19(6-7-22-13)11(20)9-4-2-3-5-10(9)14(15,16)17/h2-5H,6-8H2,1H3,(H2,18,21)/t13-/m1/s1. The van der Waals surface area contributed by atoms with Gasteiger partial charge in [-0.15, -0.1) is 0 Å². The van der Waals surface area contributed by atoms with E-state index in [4.69, 9.17) is 10.5 Å². The van der Waals surface area contributed by atoms with Crippen LogP contribution >= 0.6 is 0 Å². The number of morpholine rings is 1. The van der Waals surface area contributed by atoms with E-state index in [2.05, 4.69) is 0 Å². The van der Waals surface area contributed by atoms with E-state index in [1.165, 1.54) is 19.1 Å². The van der Waals surface area contributed by atoms with E-state index >= 15 is 0 Å². The van der Waals surface area contributed by atoms with Gasteiger partial charge in [0.1, 0.15) is 0 Å². The molecule has 0 saturated carbocycles. The summed E-state index contributed by atoms with van der Waals surface area (Å²) >= 11 is 0. The fraction of sp³-hybridized carbons (Fsp3) is 0.429. The number of amides is 2. The highest BCUT2D eigenvalue weighted by atomic mass is 19.4. The minimum absolute atomic E-state index is 0.0271. The lowest BCUT2D eigenvalue weighted by atomic mass is 10.0.